The molecule has 0 aromatic heterocycles. The van der Waals surface area contributed by atoms with Gasteiger partial charge in [-0.25, -0.2) is 8.42 Å². The third kappa shape index (κ3) is 4.83. The van der Waals surface area contributed by atoms with Gasteiger partial charge in [0, 0.05) is 45.2 Å². The smallest absolute Gasteiger partial charge is 0.243 e. The molecule has 1 atom stereocenters. The van der Waals surface area contributed by atoms with Crippen molar-refractivity contribution in [2.45, 2.75) is 43.5 Å². The lowest BCUT2D eigenvalue weighted by Gasteiger charge is -2.27. The van der Waals surface area contributed by atoms with Gasteiger partial charge in [0.15, 0.2) is 0 Å². The highest BCUT2D eigenvalue weighted by Crippen LogP contribution is 2.35. The van der Waals surface area contributed by atoms with Crippen LogP contribution in [0.4, 0.5) is 5.69 Å². The van der Waals surface area contributed by atoms with E-state index >= 15 is 0 Å². The van der Waals surface area contributed by atoms with Crippen molar-refractivity contribution in [1.82, 2.24) is 14.5 Å². The van der Waals surface area contributed by atoms with Crippen LogP contribution in [0.25, 0.3) is 0 Å². The molecule has 2 saturated heterocycles. The molecule has 2 fully saturated rings. The quantitative estimate of drug-likeness (QED) is 0.662. The topological polar surface area (TPSA) is 99.3 Å². The lowest BCUT2D eigenvalue weighted by molar-refractivity contribution is -0.125. The Morgan fingerprint density at radius 2 is 1.81 bits per heavy atom. The van der Waals surface area contributed by atoms with E-state index in [1.54, 1.807) is 12.1 Å². The Balaban J connectivity index is 1.46. The third-order valence-electron chi connectivity index (χ3n) is 6.46. The Morgan fingerprint density at radius 3 is 2.50 bits per heavy atom. The predicted molar refractivity (Wildman–Crippen MR) is 120 cm³/mol. The molecule has 0 unspecified atom stereocenters. The van der Waals surface area contributed by atoms with E-state index in [9.17, 15) is 18.0 Å². The zero-order valence-electron chi connectivity index (χ0n) is 18.6. The first-order valence-corrected chi connectivity index (χ1v) is 12.8. The summed E-state index contributed by atoms with van der Waals surface area (Å²) in [6.07, 6.45) is 3.95. The van der Waals surface area contributed by atoms with Gasteiger partial charge in [0.2, 0.25) is 21.8 Å². The summed E-state index contributed by atoms with van der Waals surface area (Å²) >= 11 is 0. The van der Waals surface area contributed by atoms with Crippen molar-refractivity contribution in [3.63, 3.8) is 0 Å². The summed E-state index contributed by atoms with van der Waals surface area (Å²) in [5.74, 6) is -0.435. The molecule has 1 aromatic rings. The molecule has 0 saturated carbocycles. The average molecular weight is 465 g/mol. The maximum atomic E-state index is 13.0. The number of nitrogens with one attached hydrogen (secondary N) is 1. The molecule has 0 spiro atoms. The number of ether oxygens (including phenoxy) is 1. The van der Waals surface area contributed by atoms with Crippen LogP contribution in [0.2, 0.25) is 0 Å². The standard InChI is InChI=1S/C22H32N4O5S/c1-17(27)26-20-6-5-19(32(29,30)25-11-13-31-14-12-25)15-18(20)16-21(26)22(28)23-7-10-24-8-3-2-4-9-24/h5-6,15,21H,2-4,7-14,16H2,1H3,(H,23,28)/t21-/m0/s1. The minimum Gasteiger partial charge on any atom is -0.379 e. The number of anilines is 1. The van der Waals surface area contributed by atoms with E-state index in [0.717, 1.165) is 19.6 Å². The normalized spacial score (nSPS) is 22.5. The number of carbonyl (C=O) groups excluding carboxylic acids is 2. The average Bonchev–Trinajstić information content (AvgIpc) is 3.19. The molecule has 3 heterocycles. The molecule has 0 bridgehead atoms. The van der Waals surface area contributed by atoms with Crippen molar-refractivity contribution in [3.8, 4) is 0 Å². The van der Waals surface area contributed by atoms with Crippen molar-refractivity contribution in [3.05, 3.63) is 23.8 Å². The molecule has 2 amide bonds. The van der Waals surface area contributed by atoms with Gasteiger partial charge in [-0.2, -0.15) is 4.31 Å². The zero-order valence-corrected chi connectivity index (χ0v) is 19.4. The fraction of sp³-hybridized carbons (Fsp3) is 0.636. The van der Waals surface area contributed by atoms with Gasteiger partial charge in [0.1, 0.15) is 6.04 Å². The van der Waals surface area contributed by atoms with Crippen LogP contribution in [-0.4, -0.2) is 88.0 Å². The van der Waals surface area contributed by atoms with Crippen LogP contribution in [0.3, 0.4) is 0 Å². The van der Waals surface area contributed by atoms with Crippen LogP contribution in [0.1, 0.15) is 31.7 Å². The molecule has 9 nitrogen and oxygen atoms in total. The van der Waals surface area contributed by atoms with Gasteiger partial charge in [0.25, 0.3) is 0 Å². The number of likely N-dealkylation sites (tertiary alicyclic amines) is 1. The van der Waals surface area contributed by atoms with Gasteiger partial charge in [-0.15, -0.1) is 0 Å². The molecule has 32 heavy (non-hydrogen) atoms. The second-order valence-corrected chi connectivity index (χ2v) is 10.5. The number of rotatable bonds is 6. The van der Waals surface area contributed by atoms with Gasteiger partial charge in [0.05, 0.1) is 18.1 Å². The van der Waals surface area contributed by atoms with Gasteiger partial charge in [-0.1, -0.05) is 6.42 Å². The van der Waals surface area contributed by atoms with Crippen LogP contribution in [0, 0.1) is 0 Å². The predicted octanol–water partition coefficient (Wildman–Crippen LogP) is 0.587. The van der Waals surface area contributed by atoms with E-state index in [4.69, 9.17) is 4.74 Å². The second kappa shape index (κ2) is 9.86. The Morgan fingerprint density at radius 1 is 1.09 bits per heavy atom. The van der Waals surface area contributed by atoms with Crippen molar-refractivity contribution in [1.29, 1.82) is 0 Å². The first-order chi connectivity index (χ1) is 15.4. The summed E-state index contributed by atoms with van der Waals surface area (Å²) < 4.78 is 32.7. The summed E-state index contributed by atoms with van der Waals surface area (Å²) in [6.45, 7) is 6.28. The number of nitrogens with zero attached hydrogens (tertiary/aromatic N) is 3. The molecule has 10 heteroatoms. The molecule has 3 aliphatic heterocycles. The molecule has 1 N–H and O–H groups in total. The lowest BCUT2D eigenvalue weighted by atomic mass is 10.1. The number of piperidine rings is 1. The van der Waals surface area contributed by atoms with E-state index in [1.807, 2.05) is 0 Å². The van der Waals surface area contributed by atoms with Gasteiger partial charge < -0.3 is 15.0 Å². The summed E-state index contributed by atoms with van der Waals surface area (Å²) in [5, 5.41) is 2.97. The van der Waals surface area contributed by atoms with Gasteiger partial charge >= 0.3 is 0 Å². The first-order valence-electron chi connectivity index (χ1n) is 11.4. The number of benzene rings is 1. The molecule has 0 aliphatic carbocycles. The van der Waals surface area contributed by atoms with Crippen LogP contribution < -0.4 is 10.2 Å². The molecule has 176 valence electrons. The highest BCUT2D eigenvalue weighted by molar-refractivity contribution is 7.89. The number of hydrogen-bond acceptors (Lipinski definition) is 6. The van der Waals surface area contributed by atoms with E-state index in [1.165, 1.54) is 41.5 Å². The minimum atomic E-state index is -3.64. The van der Waals surface area contributed by atoms with E-state index in [0.29, 0.717) is 50.5 Å². The fourth-order valence-corrected chi connectivity index (χ4v) is 6.22. The summed E-state index contributed by atoms with van der Waals surface area (Å²) in [4.78, 5) is 29.3. The van der Waals surface area contributed by atoms with Crippen molar-refractivity contribution in [2.75, 3.05) is 57.4 Å². The number of sulfonamides is 1. The summed E-state index contributed by atoms with van der Waals surface area (Å²) in [7, 11) is -3.64. The highest BCUT2D eigenvalue weighted by atomic mass is 32.2. The van der Waals surface area contributed by atoms with Crippen LogP contribution in [0.5, 0.6) is 0 Å². The second-order valence-electron chi connectivity index (χ2n) is 8.61. The maximum Gasteiger partial charge on any atom is 0.243 e. The van der Waals surface area contributed by atoms with Gasteiger partial charge in [-0.3, -0.25) is 14.5 Å². The summed E-state index contributed by atoms with van der Waals surface area (Å²) in [6, 6.07) is 4.11. The van der Waals surface area contributed by atoms with E-state index in [-0.39, 0.29) is 16.7 Å². The van der Waals surface area contributed by atoms with Crippen molar-refractivity contribution in [2.24, 2.45) is 0 Å². The minimum absolute atomic E-state index is 0.188. The lowest BCUT2D eigenvalue weighted by Crippen LogP contribution is -2.49. The number of amides is 2. The molecular formula is C22H32N4O5S. The Hall–Kier alpha value is -2.01. The Bertz CT molecular complexity index is 955. The molecular weight excluding hydrogens is 432 g/mol. The Kier molecular flexibility index (Phi) is 7.14. The largest absolute Gasteiger partial charge is 0.379 e. The van der Waals surface area contributed by atoms with Crippen molar-refractivity contribution < 1.29 is 22.7 Å². The zero-order chi connectivity index (χ0) is 22.7. The number of hydrogen-bond donors (Lipinski definition) is 1. The first kappa shape index (κ1) is 23.2. The van der Waals surface area contributed by atoms with Gasteiger partial charge in [-0.05, 0) is 49.7 Å². The monoisotopic (exact) mass is 464 g/mol. The van der Waals surface area contributed by atoms with Crippen molar-refractivity contribution >= 4 is 27.5 Å². The van der Waals surface area contributed by atoms with Crippen LogP contribution in [-0.2, 0) is 30.8 Å². The fourth-order valence-electron chi connectivity index (χ4n) is 4.76. The van der Waals surface area contributed by atoms with E-state index < -0.39 is 16.1 Å². The maximum absolute atomic E-state index is 13.0. The molecule has 4 rings (SSSR count). The summed E-state index contributed by atoms with van der Waals surface area (Å²) in [5.41, 5.74) is 1.31. The molecule has 3 aliphatic rings. The number of morpholine rings is 1. The van der Waals surface area contributed by atoms with E-state index in [2.05, 4.69) is 10.2 Å². The van der Waals surface area contributed by atoms with Crippen LogP contribution in [0.15, 0.2) is 23.1 Å². The number of fused-ring (bicyclic) bond motifs is 1. The molecule has 1 aromatic carbocycles. The Labute approximate surface area is 189 Å². The van der Waals surface area contributed by atoms with Crippen LogP contribution >= 0.6 is 0 Å². The highest BCUT2D eigenvalue weighted by Gasteiger charge is 2.38. The number of carbonyl (C=O) groups is 2. The third-order valence-corrected chi connectivity index (χ3v) is 8.36. The molecule has 0 radical (unpaired) electrons. The SMILES string of the molecule is CC(=O)N1c2ccc(S(=O)(=O)N3CCOCC3)cc2C[C@H]1C(=O)NCCN1CCCCC1.